The van der Waals surface area contributed by atoms with Crippen molar-refractivity contribution >= 4 is 17.1 Å². The summed E-state index contributed by atoms with van der Waals surface area (Å²) in [6.07, 6.45) is 4.97. The molecule has 0 spiro atoms. The van der Waals surface area contributed by atoms with Crippen molar-refractivity contribution in [3.8, 4) is 11.1 Å². The Balaban J connectivity index is 2.27. The molecular weight excluding hydrogens is 232 g/mol. The number of aromatic nitrogens is 2. The van der Waals surface area contributed by atoms with Crippen LogP contribution in [-0.2, 0) is 0 Å². The van der Waals surface area contributed by atoms with Gasteiger partial charge in [-0.3, -0.25) is 4.98 Å². The SMILES string of the molecule is O=C(O)c1cc2c(-c3cccnc3)ccnc2o1. The lowest BCUT2D eigenvalue weighted by atomic mass is 10.1. The number of carbonyl (C=O) groups is 1. The molecule has 0 aliphatic rings. The number of furan rings is 1. The Labute approximate surface area is 102 Å². The van der Waals surface area contributed by atoms with Gasteiger partial charge >= 0.3 is 5.97 Å². The molecule has 3 heterocycles. The molecule has 0 saturated heterocycles. The maximum Gasteiger partial charge on any atom is 0.371 e. The summed E-state index contributed by atoms with van der Waals surface area (Å²) in [5, 5.41) is 9.58. The van der Waals surface area contributed by atoms with Gasteiger partial charge in [-0.05, 0) is 17.7 Å². The van der Waals surface area contributed by atoms with Crippen LogP contribution >= 0.6 is 0 Å². The first-order chi connectivity index (χ1) is 8.75. The van der Waals surface area contributed by atoms with Gasteiger partial charge in [0.05, 0.1) is 0 Å². The normalized spacial score (nSPS) is 10.7. The van der Waals surface area contributed by atoms with Crippen LogP contribution in [0.2, 0.25) is 0 Å². The van der Waals surface area contributed by atoms with Crippen LogP contribution in [0.25, 0.3) is 22.2 Å². The van der Waals surface area contributed by atoms with E-state index in [4.69, 9.17) is 9.52 Å². The van der Waals surface area contributed by atoms with E-state index in [2.05, 4.69) is 9.97 Å². The summed E-state index contributed by atoms with van der Waals surface area (Å²) in [5.41, 5.74) is 2.06. The lowest BCUT2D eigenvalue weighted by Gasteiger charge is -2.00. The zero-order valence-corrected chi connectivity index (χ0v) is 9.20. The van der Waals surface area contributed by atoms with Gasteiger partial charge in [0.15, 0.2) is 0 Å². The van der Waals surface area contributed by atoms with Crippen molar-refractivity contribution in [3.05, 3.63) is 48.6 Å². The van der Waals surface area contributed by atoms with Crippen molar-refractivity contribution in [2.45, 2.75) is 0 Å². The molecule has 18 heavy (non-hydrogen) atoms. The van der Waals surface area contributed by atoms with E-state index in [1.807, 2.05) is 12.1 Å². The second-order valence-corrected chi connectivity index (χ2v) is 3.73. The van der Waals surface area contributed by atoms with E-state index >= 15 is 0 Å². The number of pyridine rings is 2. The highest BCUT2D eigenvalue weighted by molar-refractivity contribution is 5.97. The van der Waals surface area contributed by atoms with Crippen molar-refractivity contribution in [2.24, 2.45) is 0 Å². The lowest BCUT2D eigenvalue weighted by Crippen LogP contribution is -1.91. The quantitative estimate of drug-likeness (QED) is 0.745. The average molecular weight is 240 g/mol. The highest BCUT2D eigenvalue weighted by Gasteiger charge is 2.14. The summed E-state index contributed by atoms with van der Waals surface area (Å²) in [6, 6.07) is 7.00. The van der Waals surface area contributed by atoms with E-state index in [-0.39, 0.29) is 5.76 Å². The Morgan fingerprint density at radius 1 is 1.28 bits per heavy atom. The Bertz CT molecular complexity index is 719. The van der Waals surface area contributed by atoms with Crippen molar-refractivity contribution in [1.82, 2.24) is 9.97 Å². The maximum absolute atomic E-state index is 10.9. The predicted octanol–water partition coefficient (Wildman–Crippen LogP) is 2.59. The molecule has 88 valence electrons. The minimum absolute atomic E-state index is 0.117. The number of hydrogen-bond donors (Lipinski definition) is 1. The maximum atomic E-state index is 10.9. The fourth-order valence-corrected chi connectivity index (χ4v) is 1.82. The van der Waals surface area contributed by atoms with Gasteiger partial charge in [0.2, 0.25) is 11.5 Å². The van der Waals surface area contributed by atoms with Gasteiger partial charge in [0, 0.05) is 35.6 Å². The van der Waals surface area contributed by atoms with E-state index in [9.17, 15) is 4.79 Å². The Morgan fingerprint density at radius 3 is 2.89 bits per heavy atom. The highest BCUT2D eigenvalue weighted by Crippen LogP contribution is 2.28. The summed E-state index contributed by atoms with van der Waals surface area (Å²) in [5.74, 6) is -1.22. The molecule has 0 fully saturated rings. The molecule has 0 unspecified atom stereocenters. The molecule has 3 aromatic rings. The third-order valence-corrected chi connectivity index (χ3v) is 2.62. The number of fused-ring (bicyclic) bond motifs is 1. The minimum atomic E-state index is -1.11. The first-order valence-electron chi connectivity index (χ1n) is 5.28. The van der Waals surface area contributed by atoms with Crippen LogP contribution in [0.4, 0.5) is 0 Å². The number of carboxylic acids is 1. The Hall–Kier alpha value is -2.69. The number of rotatable bonds is 2. The number of nitrogens with zero attached hydrogens (tertiary/aromatic N) is 2. The van der Waals surface area contributed by atoms with Gasteiger partial charge in [-0.2, -0.15) is 0 Å². The molecule has 0 radical (unpaired) electrons. The van der Waals surface area contributed by atoms with E-state index < -0.39 is 5.97 Å². The van der Waals surface area contributed by atoms with Gasteiger partial charge in [-0.1, -0.05) is 6.07 Å². The smallest absolute Gasteiger partial charge is 0.371 e. The largest absolute Gasteiger partial charge is 0.475 e. The minimum Gasteiger partial charge on any atom is -0.475 e. The van der Waals surface area contributed by atoms with E-state index in [0.717, 1.165) is 11.1 Å². The van der Waals surface area contributed by atoms with Crippen molar-refractivity contribution in [2.75, 3.05) is 0 Å². The van der Waals surface area contributed by atoms with E-state index in [1.165, 1.54) is 6.07 Å². The zero-order valence-electron chi connectivity index (χ0n) is 9.20. The molecule has 0 amide bonds. The van der Waals surface area contributed by atoms with Crippen molar-refractivity contribution in [3.63, 3.8) is 0 Å². The third kappa shape index (κ3) is 1.62. The lowest BCUT2D eigenvalue weighted by molar-refractivity contribution is 0.0664. The summed E-state index contributed by atoms with van der Waals surface area (Å²) >= 11 is 0. The first kappa shape index (κ1) is 10.5. The molecule has 0 atom stereocenters. The summed E-state index contributed by atoms with van der Waals surface area (Å²) in [7, 11) is 0. The van der Waals surface area contributed by atoms with Crippen LogP contribution in [0.15, 0.2) is 47.3 Å². The summed E-state index contributed by atoms with van der Waals surface area (Å²) in [4.78, 5) is 18.9. The Morgan fingerprint density at radius 2 is 2.17 bits per heavy atom. The molecule has 5 heteroatoms. The molecule has 1 N–H and O–H groups in total. The molecule has 0 aromatic carbocycles. The Kier molecular flexibility index (Phi) is 2.30. The highest BCUT2D eigenvalue weighted by atomic mass is 16.4. The third-order valence-electron chi connectivity index (χ3n) is 2.62. The summed E-state index contributed by atoms with van der Waals surface area (Å²) in [6.45, 7) is 0. The molecule has 0 bridgehead atoms. The molecule has 0 aliphatic carbocycles. The molecule has 3 aromatic heterocycles. The number of hydrogen-bond acceptors (Lipinski definition) is 4. The molecular formula is C13H8N2O3. The van der Waals surface area contributed by atoms with Gasteiger partial charge < -0.3 is 9.52 Å². The van der Waals surface area contributed by atoms with Gasteiger partial charge in [0.1, 0.15) is 0 Å². The average Bonchev–Trinajstić information content (AvgIpc) is 2.83. The van der Waals surface area contributed by atoms with Crippen LogP contribution in [0.3, 0.4) is 0 Å². The fraction of sp³-hybridized carbons (Fsp3) is 0. The first-order valence-corrected chi connectivity index (χ1v) is 5.28. The van der Waals surface area contributed by atoms with Crippen LogP contribution < -0.4 is 0 Å². The molecule has 5 nitrogen and oxygen atoms in total. The zero-order chi connectivity index (χ0) is 12.5. The predicted molar refractivity (Wildman–Crippen MR) is 64.2 cm³/mol. The van der Waals surface area contributed by atoms with E-state index in [1.54, 1.807) is 24.7 Å². The van der Waals surface area contributed by atoms with Gasteiger partial charge in [0.25, 0.3) is 0 Å². The molecule has 3 rings (SSSR count). The number of aromatic carboxylic acids is 1. The van der Waals surface area contributed by atoms with Crippen LogP contribution in [0.1, 0.15) is 10.6 Å². The van der Waals surface area contributed by atoms with Crippen LogP contribution in [0, 0.1) is 0 Å². The topological polar surface area (TPSA) is 76.2 Å². The van der Waals surface area contributed by atoms with Crippen LogP contribution in [-0.4, -0.2) is 21.0 Å². The molecule has 0 saturated carbocycles. The van der Waals surface area contributed by atoms with Crippen LogP contribution in [0.5, 0.6) is 0 Å². The number of carboxylic acid groups (broad SMARTS) is 1. The van der Waals surface area contributed by atoms with Gasteiger partial charge in [-0.25, -0.2) is 9.78 Å². The second-order valence-electron chi connectivity index (χ2n) is 3.73. The van der Waals surface area contributed by atoms with E-state index in [0.29, 0.717) is 11.1 Å². The standard InChI is InChI=1S/C13H8N2O3/c16-13(17)11-6-10-9(3-5-15-12(10)18-11)8-2-1-4-14-7-8/h1-7H,(H,16,17). The fourth-order valence-electron chi connectivity index (χ4n) is 1.82. The van der Waals surface area contributed by atoms with Crippen molar-refractivity contribution in [1.29, 1.82) is 0 Å². The summed E-state index contributed by atoms with van der Waals surface area (Å²) < 4.78 is 5.16. The monoisotopic (exact) mass is 240 g/mol. The van der Waals surface area contributed by atoms with Crippen molar-refractivity contribution < 1.29 is 14.3 Å². The molecule has 0 aliphatic heterocycles. The second kappa shape index (κ2) is 3.96. The van der Waals surface area contributed by atoms with Gasteiger partial charge in [-0.15, -0.1) is 0 Å².